The SMILES string of the molecule is CC1C2=CC(N(c3ccccc3)c3ccc(C4=Cc5c(n(-c6ccc(-c7ccccc7)cc6)c6ccccc56)CC4)cc3)=CCC2c2ccccc21. The number of hydrogen-bond donors (Lipinski definition) is 0. The molecule has 1 aromatic heterocycles. The molecule has 0 saturated heterocycles. The van der Waals surface area contributed by atoms with E-state index in [1.165, 1.54) is 83.9 Å². The minimum absolute atomic E-state index is 0.438. The van der Waals surface area contributed by atoms with Crippen LogP contribution in [0.1, 0.15) is 59.5 Å². The molecule has 0 radical (unpaired) electrons. The normalized spacial score (nSPS) is 17.4. The van der Waals surface area contributed by atoms with Crippen LogP contribution in [0.15, 0.2) is 181 Å². The van der Waals surface area contributed by atoms with Gasteiger partial charge in [0.15, 0.2) is 0 Å². The van der Waals surface area contributed by atoms with Gasteiger partial charge < -0.3 is 9.47 Å². The predicted molar refractivity (Wildman–Crippen MR) is 218 cm³/mol. The molecule has 0 saturated carbocycles. The zero-order valence-corrected chi connectivity index (χ0v) is 29.4. The van der Waals surface area contributed by atoms with Crippen LogP contribution >= 0.6 is 0 Å². The molecule has 2 heteroatoms. The molecule has 0 aliphatic heterocycles. The maximum absolute atomic E-state index is 2.48. The molecule has 52 heavy (non-hydrogen) atoms. The van der Waals surface area contributed by atoms with Crippen LogP contribution in [0.5, 0.6) is 0 Å². The van der Waals surface area contributed by atoms with Crippen molar-refractivity contribution in [2.75, 3.05) is 4.90 Å². The number of hydrogen-bond acceptors (Lipinski definition) is 1. The number of para-hydroxylation sites is 2. The monoisotopic (exact) mass is 668 g/mol. The Hall–Kier alpha value is -6.12. The third-order valence-electron chi connectivity index (χ3n) is 11.6. The molecule has 7 aromatic rings. The second kappa shape index (κ2) is 12.6. The number of rotatable bonds is 6. The summed E-state index contributed by atoms with van der Waals surface area (Å²) in [6.07, 6.45) is 10.4. The summed E-state index contributed by atoms with van der Waals surface area (Å²) in [7, 11) is 0. The van der Waals surface area contributed by atoms with Crippen LogP contribution in [0.2, 0.25) is 0 Å². The van der Waals surface area contributed by atoms with Crippen LogP contribution in [0.4, 0.5) is 11.4 Å². The van der Waals surface area contributed by atoms with Crippen molar-refractivity contribution in [3.05, 3.63) is 209 Å². The van der Waals surface area contributed by atoms with Crippen molar-refractivity contribution in [2.24, 2.45) is 0 Å². The molecular formula is C50H40N2. The molecule has 2 atom stereocenters. The molecular weight excluding hydrogens is 629 g/mol. The highest BCUT2D eigenvalue weighted by Crippen LogP contribution is 2.51. The Morgan fingerprint density at radius 1 is 0.558 bits per heavy atom. The molecule has 10 rings (SSSR count). The van der Waals surface area contributed by atoms with Crippen LogP contribution in [0.25, 0.3) is 39.4 Å². The first-order valence-electron chi connectivity index (χ1n) is 18.7. The van der Waals surface area contributed by atoms with E-state index in [1.54, 1.807) is 0 Å². The van der Waals surface area contributed by atoms with Crippen molar-refractivity contribution in [3.63, 3.8) is 0 Å². The second-order valence-corrected chi connectivity index (χ2v) is 14.4. The lowest BCUT2D eigenvalue weighted by Crippen LogP contribution is -2.18. The third kappa shape index (κ3) is 5.09. The molecule has 6 aromatic carbocycles. The summed E-state index contributed by atoms with van der Waals surface area (Å²) in [6, 6.07) is 57.7. The Kier molecular flexibility index (Phi) is 7.42. The second-order valence-electron chi connectivity index (χ2n) is 14.4. The van der Waals surface area contributed by atoms with Gasteiger partial charge in [-0.1, -0.05) is 134 Å². The van der Waals surface area contributed by atoms with E-state index in [0.717, 1.165) is 19.3 Å². The van der Waals surface area contributed by atoms with Gasteiger partial charge in [0.25, 0.3) is 0 Å². The van der Waals surface area contributed by atoms with Crippen LogP contribution in [0.3, 0.4) is 0 Å². The van der Waals surface area contributed by atoms with Crippen molar-refractivity contribution in [1.82, 2.24) is 4.57 Å². The molecule has 3 aliphatic carbocycles. The van der Waals surface area contributed by atoms with Gasteiger partial charge >= 0.3 is 0 Å². The molecule has 1 heterocycles. The van der Waals surface area contributed by atoms with Crippen molar-refractivity contribution in [2.45, 2.75) is 38.0 Å². The smallest absolute Gasteiger partial charge is 0.0537 e. The van der Waals surface area contributed by atoms with E-state index in [9.17, 15) is 0 Å². The maximum Gasteiger partial charge on any atom is 0.0537 e. The first kappa shape index (κ1) is 30.7. The average molecular weight is 669 g/mol. The van der Waals surface area contributed by atoms with Crippen LogP contribution in [0, 0.1) is 0 Å². The van der Waals surface area contributed by atoms with Gasteiger partial charge in [0, 0.05) is 51.2 Å². The van der Waals surface area contributed by atoms with Gasteiger partial charge in [-0.3, -0.25) is 0 Å². The lowest BCUT2D eigenvalue weighted by atomic mass is 9.87. The lowest BCUT2D eigenvalue weighted by molar-refractivity contribution is 0.769. The summed E-state index contributed by atoms with van der Waals surface area (Å²) in [4.78, 5) is 2.44. The number of nitrogens with zero attached hydrogens (tertiary/aromatic N) is 2. The van der Waals surface area contributed by atoms with Gasteiger partial charge in [-0.05, 0) is 107 Å². The zero-order valence-electron chi connectivity index (χ0n) is 29.4. The molecule has 0 bridgehead atoms. The van der Waals surface area contributed by atoms with E-state index in [0.29, 0.717) is 11.8 Å². The highest BCUT2D eigenvalue weighted by Gasteiger charge is 2.35. The maximum atomic E-state index is 2.48. The fraction of sp³-hybridized carbons (Fsp3) is 0.120. The van der Waals surface area contributed by atoms with E-state index in [1.807, 2.05) is 0 Å². The molecule has 2 unspecified atom stereocenters. The largest absolute Gasteiger partial charge is 0.313 e. The number of fused-ring (bicyclic) bond motifs is 6. The topological polar surface area (TPSA) is 8.17 Å². The third-order valence-corrected chi connectivity index (χ3v) is 11.6. The number of anilines is 2. The van der Waals surface area contributed by atoms with Crippen LogP contribution in [-0.4, -0.2) is 4.57 Å². The Bertz CT molecular complexity index is 2530. The number of aromatic nitrogens is 1. The van der Waals surface area contributed by atoms with Crippen LogP contribution in [-0.2, 0) is 6.42 Å². The van der Waals surface area contributed by atoms with Crippen molar-refractivity contribution in [3.8, 4) is 16.8 Å². The number of benzene rings is 6. The van der Waals surface area contributed by atoms with Crippen LogP contribution < -0.4 is 4.90 Å². The van der Waals surface area contributed by atoms with Gasteiger partial charge in [-0.25, -0.2) is 0 Å². The van der Waals surface area contributed by atoms with E-state index in [4.69, 9.17) is 0 Å². The molecule has 2 nitrogen and oxygen atoms in total. The standard InChI is InChI=1S/C50H40N2/c1-34-43-16-8-9-17-44(43)45-30-29-42(33-47(34)45)51(39-14-6-3-7-15-39)40-25-22-37(23-26-40)38-24-31-50-48(32-38)46-18-10-11-19-49(46)52(50)41-27-20-36(21-28-41)35-12-4-2-5-13-35/h2-23,25-29,32-34,45H,24,30-31H2,1H3. The Morgan fingerprint density at radius 2 is 1.19 bits per heavy atom. The molecule has 3 aliphatic rings. The van der Waals surface area contributed by atoms with Gasteiger partial charge in [-0.2, -0.15) is 0 Å². The quantitative estimate of drug-likeness (QED) is 0.171. The minimum atomic E-state index is 0.438. The summed E-state index contributed by atoms with van der Waals surface area (Å²) in [5, 5.41) is 1.31. The number of allylic oxidation sites excluding steroid dienone is 4. The predicted octanol–water partition coefficient (Wildman–Crippen LogP) is 13.0. The fourth-order valence-corrected chi connectivity index (χ4v) is 9.03. The summed E-state index contributed by atoms with van der Waals surface area (Å²) in [5.74, 6) is 0.922. The summed E-state index contributed by atoms with van der Waals surface area (Å²) < 4.78 is 2.48. The first-order chi connectivity index (χ1) is 25.7. The fourth-order valence-electron chi connectivity index (χ4n) is 9.03. The molecule has 0 N–H and O–H groups in total. The molecule has 0 spiro atoms. The lowest BCUT2D eigenvalue weighted by Gasteiger charge is -2.30. The van der Waals surface area contributed by atoms with E-state index in [-0.39, 0.29) is 0 Å². The Balaban J connectivity index is 0.989. The highest BCUT2D eigenvalue weighted by molar-refractivity contribution is 5.99. The van der Waals surface area contributed by atoms with E-state index >= 15 is 0 Å². The van der Waals surface area contributed by atoms with Crippen molar-refractivity contribution in [1.29, 1.82) is 0 Å². The summed E-state index contributed by atoms with van der Waals surface area (Å²) in [5.41, 5.74) is 18.5. The summed E-state index contributed by atoms with van der Waals surface area (Å²) >= 11 is 0. The highest BCUT2D eigenvalue weighted by atomic mass is 15.1. The van der Waals surface area contributed by atoms with Gasteiger partial charge in [0.1, 0.15) is 0 Å². The van der Waals surface area contributed by atoms with E-state index < -0.39 is 0 Å². The Morgan fingerprint density at radius 3 is 1.98 bits per heavy atom. The van der Waals surface area contributed by atoms with Gasteiger partial charge in [-0.15, -0.1) is 0 Å². The van der Waals surface area contributed by atoms with Crippen molar-refractivity contribution >= 4 is 33.9 Å². The molecule has 0 amide bonds. The zero-order chi connectivity index (χ0) is 34.6. The van der Waals surface area contributed by atoms with Gasteiger partial charge in [0.2, 0.25) is 0 Å². The molecule has 0 fully saturated rings. The summed E-state index contributed by atoms with van der Waals surface area (Å²) in [6.45, 7) is 2.37. The first-order valence-corrected chi connectivity index (χ1v) is 18.7. The van der Waals surface area contributed by atoms with Gasteiger partial charge in [0.05, 0.1) is 5.52 Å². The average Bonchev–Trinajstić information content (AvgIpc) is 3.70. The minimum Gasteiger partial charge on any atom is -0.313 e. The molecule has 250 valence electrons. The van der Waals surface area contributed by atoms with E-state index in [2.05, 4.69) is 192 Å². The van der Waals surface area contributed by atoms with Crippen molar-refractivity contribution < 1.29 is 0 Å². The Labute approximate surface area is 306 Å².